The first-order valence-corrected chi connectivity index (χ1v) is 8.94. The molecule has 0 amide bonds. The lowest BCUT2D eigenvalue weighted by molar-refractivity contribution is 0.309. The van der Waals surface area contributed by atoms with Gasteiger partial charge in [0.05, 0.1) is 5.52 Å². The minimum Gasteiger partial charge on any atom is -0.487 e. The number of H-pyrrole nitrogens is 1. The van der Waals surface area contributed by atoms with Gasteiger partial charge in [-0.2, -0.15) is 0 Å². The summed E-state index contributed by atoms with van der Waals surface area (Å²) in [6.45, 7) is 5.41. The van der Waals surface area contributed by atoms with Crippen LogP contribution in [0.4, 0.5) is 5.69 Å². The average molecular weight is 334 g/mol. The molecule has 4 rings (SSSR count). The van der Waals surface area contributed by atoms with Gasteiger partial charge in [-0.3, -0.25) is 0 Å². The van der Waals surface area contributed by atoms with E-state index in [-0.39, 0.29) is 0 Å². The van der Waals surface area contributed by atoms with Gasteiger partial charge in [0.25, 0.3) is 0 Å². The van der Waals surface area contributed by atoms with Crippen LogP contribution in [0.15, 0.2) is 48.7 Å². The molecule has 0 fully saturated rings. The Kier molecular flexibility index (Phi) is 4.18. The highest BCUT2D eigenvalue weighted by atomic mass is 16.5. The second-order valence-corrected chi connectivity index (χ2v) is 6.74. The molecule has 0 aliphatic carbocycles. The van der Waals surface area contributed by atoms with Crippen molar-refractivity contribution in [2.24, 2.45) is 0 Å². The van der Waals surface area contributed by atoms with Crippen molar-refractivity contribution in [3.8, 4) is 5.75 Å². The zero-order valence-electron chi connectivity index (χ0n) is 14.7. The number of anilines is 1. The molecule has 1 aromatic heterocycles. The topological polar surface area (TPSA) is 48.5 Å². The number of hydrogen-bond acceptors (Lipinski definition) is 3. The molecule has 3 aromatic rings. The van der Waals surface area contributed by atoms with Crippen LogP contribution in [0.1, 0.15) is 30.4 Å². The summed E-state index contributed by atoms with van der Waals surface area (Å²) in [6.07, 6.45) is 3.03. The van der Waals surface area contributed by atoms with Gasteiger partial charge in [-0.15, -0.1) is 0 Å². The first-order chi connectivity index (χ1) is 12.2. The third-order valence-corrected chi connectivity index (χ3v) is 5.14. The molecule has 1 aliphatic heterocycles. The number of rotatable bonds is 5. The van der Waals surface area contributed by atoms with Crippen molar-refractivity contribution in [1.29, 1.82) is 0 Å². The Bertz CT molecular complexity index is 876. The van der Waals surface area contributed by atoms with Gasteiger partial charge in [0.2, 0.25) is 0 Å². The summed E-state index contributed by atoms with van der Waals surface area (Å²) in [7, 11) is -0.506. The van der Waals surface area contributed by atoms with Crippen LogP contribution < -0.4 is 9.55 Å². The number of benzene rings is 2. The van der Waals surface area contributed by atoms with E-state index in [0.717, 1.165) is 35.5 Å². The Morgan fingerprint density at radius 1 is 1.28 bits per heavy atom. The predicted octanol–water partition coefficient (Wildman–Crippen LogP) is 4.17. The number of aromatic nitrogens is 1. The lowest BCUT2D eigenvalue weighted by Gasteiger charge is -2.21. The first-order valence-electron chi connectivity index (χ1n) is 8.94. The molecular formula is C20H23BN2O2. The Hall–Kier alpha value is -2.40. The third kappa shape index (κ3) is 2.78. The summed E-state index contributed by atoms with van der Waals surface area (Å²) in [6, 6.07) is 14.4. The summed E-state index contributed by atoms with van der Waals surface area (Å²) in [4.78, 5) is 5.41. The highest BCUT2D eigenvalue weighted by Gasteiger charge is 2.34. The highest BCUT2D eigenvalue weighted by molar-refractivity contribution is 6.54. The fourth-order valence-corrected chi connectivity index (χ4v) is 3.84. The fraction of sp³-hybridized carbons (Fsp3) is 0.300. The van der Waals surface area contributed by atoms with Crippen molar-refractivity contribution in [3.05, 3.63) is 59.8 Å². The molecular weight excluding hydrogens is 311 g/mol. The Balaban J connectivity index is 1.76. The fourth-order valence-electron chi connectivity index (χ4n) is 3.84. The van der Waals surface area contributed by atoms with E-state index in [1.165, 1.54) is 10.9 Å². The maximum atomic E-state index is 10.2. The van der Waals surface area contributed by atoms with E-state index in [4.69, 9.17) is 4.74 Å². The van der Waals surface area contributed by atoms with Crippen LogP contribution in [-0.2, 0) is 6.61 Å². The van der Waals surface area contributed by atoms with E-state index >= 15 is 0 Å². The van der Waals surface area contributed by atoms with E-state index in [2.05, 4.69) is 41.0 Å². The minimum absolute atomic E-state index is 0.436. The van der Waals surface area contributed by atoms with Crippen molar-refractivity contribution in [1.82, 2.24) is 4.98 Å². The molecule has 0 saturated carbocycles. The molecule has 4 nitrogen and oxygen atoms in total. The lowest BCUT2D eigenvalue weighted by Crippen LogP contribution is -2.36. The quantitative estimate of drug-likeness (QED) is 0.689. The molecule has 128 valence electrons. The summed E-state index contributed by atoms with van der Waals surface area (Å²) in [5.74, 6) is 1.27. The van der Waals surface area contributed by atoms with Crippen LogP contribution in [0.25, 0.3) is 10.9 Å². The number of nitrogens with one attached hydrogen (secondary N) is 1. The second kappa shape index (κ2) is 6.49. The van der Waals surface area contributed by atoms with Crippen LogP contribution in [0.2, 0.25) is 6.82 Å². The van der Waals surface area contributed by atoms with E-state index in [0.29, 0.717) is 12.5 Å². The monoisotopic (exact) mass is 334 g/mol. The maximum Gasteiger partial charge on any atom is 0.409 e. The van der Waals surface area contributed by atoms with E-state index < -0.39 is 7.05 Å². The van der Waals surface area contributed by atoms with E-state index in [1.54, 1.807) is 0 Å². The number of fused-ring (bicyclic) bond motifs is 3. The Morgan fingerprint density at radius 3 is 2.80 bits per heavy atom. The predicted molar refractivity (Wildman–Crippen MR) is 103 cm³/mol. The van der Waals surface area contributed by atoms with Gasteiger partial charge in [0.15, 0.2) is 0 Å². The molecule has 2 N–H and O–H groups in total. The highest BCUT2D eigenvalue weighted by Crippen LogP contribution is 2.46. The molecule has 5 heteroatoms. The standard InChI is InChI=1S/C20H23BN2O2/c1-3-15-12-23(21(2)24)17-11-18(20-16(19(15)17)9-10-22-20)25-13-14-7-5-4-6-8-14/h4-11,15,22,24H,3,12-13H2,1-2H3. The van der Waals surface area contributed by atoms with Gasteiger partial charge < -0.3 is 19.6 Å². The Morgan fingerprint density at radius 2 is 2.08 bits per heavy atom. The van der Waals surface area contributed by atoms with Crippen LogP contribution in [0.3, 0.4) is 0 Å². The summed E-state index contributed by atoms with van der Waals surface area (Å²) < 4.78 is 6.15. The van der Waals surface area contributed by atoms with Crippen molar-refractivity contribution >= 4 is 23.6 Å². The zero-order chi connectivity index (χ0) is 17.4. The van der Waals surface area contributed by atoms with Gasteiger partial charge in [-0.25, -0.2) is 0 Å². The van der Waals surface area contributed by atoms with Crippen LogP contribution in [0.5, 0.6) is 5.75 Å². The summed E-state index contributed by atoms with van der Waals surface area (Å²) in [5, 5.41) is 11.4. The van der Waals surface area contributed by atoms with E-state index in [1.807, 2.05) is 31.2 Å². The third-order valence-electron chi connectivity index (χ3n) is 5.14. The first kappa shape index (κ1) is 16.1. The molecule has 1 aliphatic rings. The second-order valence-electron chi connectivity index (χ2n) is 6.74. The van der Waals surface area contributed by atoms with Crippen molar-refractivity contribution in [2.45, 2.75) is 32.7 Å². The summed E-state index contributed by atoms with van der Waals surface area (Å²) >= 11 is 0. The molecule has 0 spiro atoms. The largest absolute Gasteiger partial charge is 0.487 e. The lowest BCUT2D eigenvalue weighted by atomic mass is 9.85. The Labute approximate surface area is 148 Å². The summed E-state index contributed by atoms with van der Waals surface area (Å²) in [5.41, 5.74) is 4.60. The van der Waals surface area contributed by atoms with Gasteiger partial charge in [0, 0.05) is 35.8 Å². The number of hydrogen-bond donors (Lipinski definition) is 2. The van der Waals surface area contributed by atoms with E-state index in [9.17, 15) is 5.02 Å². The normalized spacial score (nSPS) is 16.3. The molecule has 25 heavy (non-hydrogen) atoms. The number of ether oxygens (including phenoxy) is 1. The van der Waals surface area contributed by atoms with Gasteiger partial charge >= 0.3 is 7.05 Å². The molecule has 1 unspecified atom stereocenters. The molecule has 2 heterocycles. The SMILES string of the molecule is CCC1CN(B(C)O)c2cc(OCc3ccccc3)c3[nH]ccc3c21. The molecule has 2 aromatic carbocycles. The maximum absolute atomic E-state index is 10.2. The minimum atomic E-state index is -0.506. The molecule has 0 radical (unpaired) electrons. The van der Waals surface area contributed by atoms with Crippen LogP contribution in [-0.4, -0.2) is 23.6 Å². The molecule has 0 saturated heterocycles. The zero-order valence-corrected chi connectivity index (χ0v) is 14.7. The van der Waals surface area contributed by atoms with Crippen molar-refractivity contribution in [3.63, 3.8) is 0 Å². The molecule has 1 atom stereocenters. The number of nitrogens with zero attached hydrogens (tertiary/aromatic N) is 1. The van der Waals surface area contributed by atoms with Gasteiger partial charge in [-0.1, -0.05) is 37.3 Å². The smallest absolute Gasteiger partial charge is 0.409 e. The van der Waals surface area contributed by atoms with Gasteiger partial charge in [-0.05, 0) is 30.4 Å². The van der Waals surface area contributed by atoms with Crippen molar-refractivity contribution < 1.29 is 9.76 Å². The average Bonchev–Trinajstić information content (AvgIpc) is 3.24. The molecule has 0 bridgehead atoms. The number of aromatic amines is 1. The van der Waals surface area contributed by atoms with Crippen LogP contribution >= 0.6 is 0 Å². The van der Waals surface area contributed by atoms with Crippen LogP contribution in [0, 0.1) is 0 Å². The van der Waals surface area contributed by atoms with Gasteiger partial charge in [0.1, 0.15) is 12.4 Å². The van der Waals surface area contributed by atoms with Crippen molar-refractivity contribution in [2.75, 3.05) is 11.4 Å².